The maximum atomic E-state index is 12.0. The summed E-state index contributed by atoms with van der Waals surface area (Å²) in [5.74, 6) is -0.0780. The molecule has 0 aliphatic heterocycles. The van der Waals surface area contributed by atoms with Crippen LogP contribution in [0, 0.1) is 6.92 Å². The minimum absolute atomic E-state index is 0. The molecule has 0 unspecified atom stereocenters. The average molecular weight is 348 g/mol. The highest BCUT2D eigenvalue weighted by atomic mass is 35.5. The number of carbonyl (C=O) groups is 1. The molecule has 1 heterocycles. The van der Waals surface area contributed by atoms with Crippen molar-refractivity contribution in [3.05, 3.63) is 29.6 Å². The Morgan fingerprint density at radius 1 is 1.18 bits per heavy atom. The van der Waals surface area contributed by atoms with E-state index < -0.39 is 0 Å². The molecule has 1 fully saturated rings. The number of aryl methyl sites for hydroxylation is 1. The van der Waals surface area contributed by atoms with Gasteiger partial charge in [0.25, 0.3) is 5.91 Å². The van der Waals surface area contributed by atoms with E-state index in [9.17, 15) is 4.79 Å². The van der Waals surface area contributed by atoms with E-state index in [0.29, 0.717) is 18.3 Å². The number of hydrogen-bond acceptors (Lipinski definition) is 3. The lowest BCUT2D eigenvalue weighted by molar-refractivity contribution is 0.0948. The maximum Gasteiger partial charge on any atom is 0.270 e. The largest absolute Gasteiger partial charge is 0.349 e. The Bertz CT molecular complexity index is 435. The third kappa shape index (κ3) is 6.95. The summed E-state index contributed by atoms with van der Waals surface area (Å²) in [6.45, 7) is 3.40. The zero-order valence-corrected chi connectivity index (χ0v) is 14.8. The standard InChI is InChI=1S/C16H25N3O.2ClH/c1-13-7-6-10-18-15(13)16(20)19-12-11-17-14-8-4-2-3-5-9-14;;/h6-7,10,14,17H,2-5,8-9,11-12H2,1H3,(H,19,20);2*1H. The fourth-order valence-corrected chi connectivity index (χ4v) is 2.74. The molecule has 0 bridgehead atoms. The van der Waals surface area contributed by atoms with Gasteiger partial charge in [-0.2, -0.15) is 0 Å². The van der Waals surface area contributed by atoms with Crippen molar-refractivity contribution in [2.75, 3.05) is 13.1 Å². The van der Waals surface area contributed by atoms with Crippen molar-refractivity contribution in [1.29, 1.82) is 0 Å². The molecule has 1 aliphatic carbocycles. The summed E-state index contributed by atoms with van der Waals surface area (Å²) in [4.78, 5) is 16.1. The summed E-state index contributed by atoms with van der Waals surface area (Å²) >= 11 is 0. The first-order valence-electron chi connectivity index (χ1n) is 7.70. The van der Waals surface area contributed by atoms with Crippen LogP contribution in [-0.2, 0) is 0 Å². The second kappa shape index (κ2) is 11.7. The molecule has 0 saturated heterocycles. The number of aromatic nitrogens is 1. The normalized spacial score (nSPS) is 15.1. The third-order valence-corrected chi connectivity index (χ3v) is 3.92. The number of amides is 1. The molecule has 2 rings (SSSR count). The zero-order chi connectivity index (χ0) is 14.2. The predicted molar refractivity (Wildman–Crippen MR) is 95.3 cm³/mol. The smallest absolute Gasteiger partial charge is 0.270 e. The van der Waals surface area contributed by atoms with Crippen LogP contribution in [0.25, 0.3) is 0 Å². The highest BCUT2D eigenvalue weighted by molar-refractivity contribution is 5.93. The second-order valence-electron chi connectivity index (χ2n) is 5.57. The van der Waals surface area contributed by atoms with Gasteiger partial charge in [-0.25, -0.2) is 0 Å². The number of halogens is 2. The SMILES string of the molecule is Cc1cccnc1C(=O)NCCNC1CCCCCC1.Cl.Cl. The first-order chi connectivity index (χ1) is 9.77. The van der Waals surface area contributed by atoms with E-state index in [-0.39, 0.29) is 30.7 Å². The summed E-state index contributed by atoms with van der Waals surface area (Å²) in [6.07, 6.45) is 9.60. The van der Waals surface area contributed by atoms with Crippen molar-refractivity contribution in [3.8, 4) is 0 Å². The molecule has 4 nitrogen and oxygen atoms in total. The Balaban J connectivity index is 0.00000220. The molecule has 1 amide bonds. The van der Waals surface area contributed by atoms with Gasteiger partial charge in [0.1, 0.15) is 5.69 Å². The van der Waals surface area contributed by atoms with Gasteiger partial charge in [0.05, 0.1) is 0 Å². The summed E-state index contributed by atoms with van der Waals surface area (Å²) in [6, 6.07) is 4.39. The van der Waals surface area contributed by atoms with Crippen LogP contribution in [0.5, 0.6) is 0 Å². The summed E-state index contributed by atoms with van der Waals surface area (Å²) in [5.41, 5.74) is 1.45. The number of carbonyl (C=O) groups excluding carboxylic acids is 1. The summed E-state index contributed by atoms with van der Waals surface area (Å²) < 4.78 is 0. The zero-order valence-electron chi connectivity index (χ0n) is 13.1. The van der Waals surface area contributed by atoms with E-state index in [0.717, 1.165) is 12.1 Å². The van der Waals surface area contributed by atoms with Crippen LogP contribution >= 0.6 is 24.8 Å². The Morgan fingerprint density at radius 3 is 2.50 bits per heavy atom. The average Bonchev–Trinajstić information content (AvgIpc) is 2.72. The van der Waals surface area contributed by atoms with E-state index >= 15 is 0 Å². The Hall–Kier alpha value is -0.840. The fourth-order valence-electron chi connectivity index (χ4n) is 2.74. The van der Waals surface area contributed by atoms with Crippen molar-refractivity contribution in [2.45, 2.75) is 51.5 Å². The van der Waals surface area contributed by atoms with Gasteiger partial charge in [0, 0.05) is 25.3 Å². The van der Waals surface area contributed by atoms with E-state index in [4.69, 9.17) is 0 Å². The minimum Gasteiger partial charge on any atom is -0.349 e. The summed E-state index contributed by atoms with van der Waals surface area (Å²) in [7, 11) is 0. The lowest BCUT2D eigenvalue weighted by Crippen LogP contribution is -2.37. The quantitative estimate of drug-likeness (QED) is 0.634. The maximum absolute atomic E-state index is 12.0. The first kappa shape index (κ1) is 21.2. The van der Waals surface area contributed by atoms with Crippen molar-refractivity contribution in [2.24, 2.45) is 0 Å². The van der Waals surface area contributed by atoms with Gasteiger partial charge < -0.3 is 10.6 Å². The third-order valence-electron chi connectivity index (χ3n) is 3.92. The van der Waals surface area contributed by atoms with Crippen LogP contribution in [-0.4, -0.2) is 30.0 Å². The van der Waals surface area contributed by atoms with Crippen LogP contribution in [0.4, 0.5) is 0 Å². The minimum atomic E-state index is -0.0780. The van der Waals surface area contributed by atoms with Gasteiger partial charge in [-0.1, -0.05) is 31.7 Å². The topological polar surface area (TPSA) is 54.0 Å². The second-order valence-corrected chi connectivity index (χ2v) is 5.57. The molecular weight excluding hydrogens is 321 g/mol. The first-order valence-corrected chi connectivity index (χ1v) is 7.70. The highest BCUT2D eigenvalue weighted by Crippen LogP contribution is 2.16. The monoisotopic (exact) mass is 347 g/mol. The van der Waals surface area contributed by atoms with E-state index in [1.54, 1.807) is 6.20 Å². The van der Waals surface area contributed by atoms with Crippen LogP contribution in [0.15, 0.2) is 18.3 Å². The molecule has 6 heteroatoms. The van der Waals surface area contributed by atoms with Gasteiger partial charge in [-0.3, -0.25) is 9.78 Å². The number of rotatable bonds is 5. The Labute approximate surface area is 145 Å². The van der Waals surface area contributed by atoms with E-state index in [2.05, 4.69) is 15.6 Å². The lowest BCUT2D eigenvalue weighted by Gasteiger charge is -2.16. The van der Waals surface area contributed by atoms with Crippen LogP contribution in [0.1, 0.15) is 54.6 Å². The molecule has 1 saturated carbocycles. The molecular formula is C16H27Cl2N3O. The fraction of sp³-hybridized carbons (Fsp3) is 0.625. The number of hydrogen-bond donors (Lipinski definition) is 2. The van der Waals surface area contributed by atoms with Gasteiger partial charge in [-0.15, -0.1) is 24.8 Å². The molecule has 0 radical (unpaired) electrons. The highest BCUT2D eigenvalue weighted by Gasteiger charge is 2.12. The molecule has 1 aromatic rings. The molecule has 2 N–H and O–H groups in total. The number of nitrogens with one attached hydrogen (secondary N) is 2. The molecule has 0 atom stereocenters. The van der Waals surface area contributed by atoms with Gasteiger partial charge >= 0.3 is 0 Å². The van der Waals surface area contributed by atoms with Crippen LogP contribution in [0.3, 0.4) is 0 Å². The predicted octanol–water partition coefficient (Wildman–Crippen LogP) is 3.28. The van der Waals surface area contributed by atoms with Crippen molar-refractivity contribution in [1.82, 2.24) is 15.6 Å². The molecule has 0 spiro atoms. The Kier molecular flexibility index (Phi) is 11.2. The number of nitrogens with zero attached hydrogens (tertiary/aromatic N) is 1. The van der Waals surface area contributed by atoms with Crippen LogP contribution < -0.4 is 10.6 Å². The lowest BCUT2D eigenvalue weighted by atomic mass is 10.1. The van der Waals surface area contributed by atoms with Crippen LogP contribution in [0.2, 0.25) is 0 Å². The van der Waals surface area contributed by atoms with Crippen molar-refractivity contribution >= 4 is 30.7 Å². The van der Waals surface area contributed by atoms with Gasteiger partial charge in [0.2, 0.25) is 0 Å². The molecule has 1 aliphatic rings. The molecule has 126 valence electrons. The van der Waals surface area contributed by atoms with Gasteiger partial charge in [0.15, 0.2) is 0 Å². The molecule has 0 aromatic carbocycles. The van der Waals surface area contributed by atoms with E-state index in [1.165, 1.54) is 38.5 Å². The summed E-state index contributed by atoms with van der Waals surface area (Å²) in [5, 5.41) is 6.48. The molecule has 1 aromatic heterocycles. The van der Waals surface area contributed by atoms with Crippen molar-refractivity contribution < 1.29 is 4.79 Å². The van der Waals surface area contributed by atoms with Gasteiger partial charge in [-0.05, 0) is 31.4 Å². The molecule has 22 heavy (non-hydrogen) atoms. The Morgan fingerprint density at radius 2 is 1.86 bits per heavy atom. The van der Waals surface area contributed by atoms with E-state index in [1.807, 2.05) is 19.1 Å². The van der Waals surface area contributed by atoms with Crippen molar-refractivity contribution in [3.63, 3.8) is 0 Å². The number of pyridine rings is 1.